The monoisotopic (exact) mass is 583 g/mol. The van der Waals surface area contributed by atoms with E-state index >= 15 is 0 Å². The van der Waals surface area contributed by atoms with Crippen molar-refractivity contribution in [1.82, 2.24) is 10.6 Å². The van der Waals surface area contributed by atoms with Gasteiger partial charge in [-0.05, 0) is 77.0 Å². The Kier molecular flexibility index (Phi) is 9.28. The number of hydrogen-bond acceptors (Lipinski definition) is 2. The Balaban J connectivity index is 2.17. The van der Waals surface area contributed by atoms with Crippen molar-refractivity contribution in [1.29, 1.82) is 0 Å². The third-order valence-corrected chi connectivity index (χ3v) is 5.75. The molecule has 1 atom stereocenters. The van der Waals surface area contributed by atoms with E-state index in [1.54, 1.807) is 18.2 Å². The summed E-state index contributed by atoms with van der Waals surface area (Å²) in [6.45, 7) is 4.14. The predicted molar refractivity (Wildman–Crippen MR) is 135 cm³/mol. The number of nitrogens with one attached hydrogen (secondary N) is 3. The number of alkyl halides is 3. The molecule has 29 heavy (non-hydrogen) atoms. The summed E-state index contributed by atoms with van der Waals surface area (Å²) in [6.07, 6.45) is 0.656. The fourth-order valence-corrected chi connectivity index (χ4v) is 3.82. The molecule has 0 spiro atoms. The van der Waals surface area contributed by atoms with Crippen LogP contribution in [0.2, 0.25) is 0 Å². The van der Waals surface area contributed by atoms with Crippen molar-refractivity contribution in [2.24, 2.45) is 0 Å². The molecule has 2 rings (SSSR count). The number of para-hydroxylation sites is 1. The predicted octanol–water partition coefficient (Wildman–Crippen LogP) is 5.83. The van der Waals surface area contributed by atoms with Crippen molar-refractivity contribution in [2.75, 3.05) is 5.32 Å². The number of thiocarbonyl (C=S) groups is 1. The fraction of sp³-hybridized carbons (Fsp3) is 0.300. The first-order valence-corrected chi connectivity index (χ1v) is 11.6. The largest absolute Gasteiger partial charge is 0.339 e. The van der Waals surface area contributed by atoms with Crippen molar-refractivity contribution >= 4 is 86.3 Å². The van der Waals surface area contributed by atoms with Crippen LogP contribution in [0.5, 0.6) is 0 Å². The Morgan fingerprint density at radius 2 is 1.66 bits per heavy atom. The normalized spacial score (nSPS) is 12.2. The molecule has 0 fully saturated rings. The zero-order valence-corrected chi connectivity index (χ0v) is 21.1. The number of carbonyl (C=O) groups is 1. The van der Waals surface area contributed by atoms with Crippen LogP contribution in [0.3, 0.4) is 0 Å². The summed E-state index contributed by atoms with van der Waals surface area (Å²) in [5.41, 5.74) is 3.65. The summed E-state index contributed by atoms with van der Waals surface area (Å²) in [6, 6.07) is 13.2. The van der Waals surface area contributed by atoms with E-state index in [2.05, 4.69) is 52.4 Å². The molecule has 1 amide bonds. The third-order valence-electron chi connectivity index (χ3n) is 4.20. The lowest BCUT2D eigenvalue weighted by Crippen LogP contribution is -2.56. The van der Waals surface area contributed by atoms with Crippen LogP contribution in [0.1, 0.15) is 35.3 Å². The smallest absolute Gasteiger partial charge is 0.253 e. The van der Waals surface area contributed by atoms with Crippen molar-refractivity contribution in [2.45, 2.75) is 36.6 Å². The average Bonchev–Trinajstić information content (AvgIpc) is 2.66. The first-order chi connectivity index (χ1) is 13.7. The van der Waals surface area contributed by atoms with Crippen LogP contribution in [0.4, 0.5) is 5.69 Å². The van der Waals surface area contributed by atoms with E-state index in [0.717, 1.165) is 33.2 Å². The van der Waals surface area contributed by atoms with Gasteiger partial charge in [0.25, 0.3) is 5.91 Å². The van der Waals surface area contributed by atoms with Crippen LogP contribution in [0, 0.1) is 3.57 Å². The highest BCUT2D eigenvalue weighted by molar-refractivity contribution is 14.1. The number of benzene rings is 2. The van der Waals surface area contributed by atoms with Crippen molar-refractivity contribution in [3.05, 3.63) is 62.7 Å². The number of hydrogen-bond donors (Lipinski definition) is 3. The van der Waals surface area contributed by atoms with Gasteiger partial charge >= 0.3 is 0 Å². The molecule has 4 nitrogen and oxygen atoms in total. The molecule has 0 aliphatic carbocycles. The van der Waals surface area contributed by atoms with Crippen LogP contribution >= 0.6 is 69.6 Å². The number of carbonyl (C=O) groups excluding carboxylic acids is 1. The second-order valence-electron chi connectivity index (χ2n) is 6.22. The summed E-state index contributed by atoms with van der Waals surface area (Å²) >= 11 is 25.8. The van der Waals surface area contributed by atoms with Gasteiger partial charge in [0.1, 0.15) is 6.17 Å². The summed E-state index contributed by atoms with van der Waals surface area (Å²) in [5.74, 6) is -0.377. The topological polar surface area (TPSA) is 53.2 Å². The maximum absolute atomic E-state index is 12.6. The van der Waals surface area contributed by atoms with Crippen molar-refractivity contribution < 1.29 is 4.79 Å². The van der Waals surface area contributed by atoms with Gasteiger partial charge in [-0.2, -0.15) is 0 Å². The van der Waals surface area contributed by atoms with Crippen LogP contribution in [0.25, 0.3) is 0 Å². The van der Waals surface area contributed by atoms with Gasteiger partial charge in [-0.25, -0.2) is 0 Å². The highest BCUT2D eigenvalue weighted by atomic mass is 127. The minimum Gasteiger partial charge on any atom is -0.339 e. The van der Waals surface area contributed by atoms with Crippen molar-refractivity contribution in [3.63, 3.8) is 0 Å². The van der Waals surface area contributed by atoms with Crippen LogP contribution in [-0.2, 0) is 12.8 Å². The maximum atomic E-state index is 12.6. The maximum Gasteiger partial charge on any atom is 0.253 e. The van der Waals surface area contributed by atoms with E-state index in [0.29, 0.717) is 5.56 Å². The number of amides is 1. The van der Waals surface area contributed by atoms with Gasteiger partial charge in [0, 0.05) is 14.8 Å². The average molecular weight is 585 g/mol. The van der Waals surface area contributed by atoms with E-state index in [1.807, 2.05) is 24.3 Å². The van der Waals surface area contributed by atoms with Crippen LogP contribution in [0.15, 0.2) is 42.5 Å². The van der Waals surface area contributed by atoms with Crippen molar-refractivity contribution in [3.8, 4) is 0 Å². The molecule has 156 valence electrons. The molecule has 2 aromatic rings. The van der Waals surface area contributed by atoms with Gasteiger partial charge in [-0.15, -0.1) is 0 Å². The molecule has 0 radical (unpaired) electrons. The summed E-state index contributed by atoms with van der Waals surface area (Å²) < 4.78 is -0.893. The Morgan fingerprint density at radius 1 is 1.07 bits per heavy atom. The van der Waals surface area contributed by atoms with Gasteiger partial charge < -0.3 is 16.0 Å². The van der Waals surface area contributed by atoms with E-state index < -0.39 is 9.96 Å². The highest BCUT2D eigenvalue weighted by Crippen LogP contribution is 2.30. The van der Waals surface area contributed by atoms with Gasteiger partial charge in [-0.1, -0.05) is 72.9 Å². The minimum atomic E-state index is -1.82. The molecule has 9 heteroatoms. The van der Waals surface area contributed by atoms with E-state index in [1.165, 1.54) is 0 Å². The lowest BCUT2D eigenvalue weighted by molar-refractivity contribution is 0.0934. The first kappa shape index (κ1) is 24.5. The van der Waals surface area contributed by atoms with E-state index in [9.17, 15) is 4.79 Å². The summed E-state index contributed by atoms with van der Waals surface area (Å²) in [7, 11) is 0. The standard InChI is InChI=1S/C20H21Cl3IN3OS/c1-3-12-7-5-8-13(4-2)16(12)25-19(29)27-18(20(21,22)23)26-17(28)14-9-6-10-15(24)11-14/h5-11,18H,3-4H2,1-2H3,(H,26,28)(H2,25,27,29). The number of anilines is 1. The molecule has 0 bridgehead atoms. The number of rotatable bonds is 6. The molecule has 2 aromatic carbocycles. The Labute approximate surface area is 205 Å². The Bertz CT molecular complexity index is 867. The molecule has 0 saturated carbocycles. The molecule has 0 saturated heterocycles. The molecule has 1 unspecified atom stereocenters. The number of aryl methyl sites for hydroxylation is 2. The van der Waals surface area contributed by atoms with E-state index in [-0.39, 0.29) is 11.0 Å². The SMILES string of the molecule is CCc1cccc(CC)c1NC(=S)NC(NC(=O)c1cccc(I)c1)C(Cl)(Cl)Cl. The molecule has 0 heterocycles. The third kappa shape index (κ3) is 7.14. The van der Waals surface area contributed by atoms with E-state index in [4.69, 9.17) is 47.0 Å². The molecular weight excluding hydrogens is 564 g/mol. The molecular formula is C20H21Cl3IN3OS. The zero-order chi connectivity index (χ0) is 21.6. The Morgan fingerprint density at radius 3 is 2.17 bits per heavy atom. The van der Waals surface area contributed by atoms with Gasteiger partial charge in [-0.3, -0.25) is 4.79 Å². The molecule has 0 aliphatic heterocycles. The fourth-order valence-electron chi connectivity index (χ4n) is 2.73. The van der Waals surface area contributed by atoms with Gasteiger partial charge in [0.05, 0.1) is 0 Å². The lowest BCUT2D eigenvalue weighted by Gasteiger charge is -2.28. The second-order valence-corrected chi connectivity index (χ2v) is 10.2. The molecule has 3 N–H and O–H groups in total. The molecule has 0 aliphatic rings. The summed E-state index contributed by atoms with van der Waals surface area (Å²) in [4.78, 5) is 12.6. The highest BCUT2D eigenvalue weighted by Gasteiger charge is 2.35. The number of halogens is 4. The second kappa shape index (κ2) is 11.0. The Hall–Kier alpha value is -0.800. The first-order valence-electron chi connectivity index (χ1n) is 8.97. The minimum absolute atomic E-state index is 0.250. The summed E-state index contributed by atoms with van der Waals surface area (Å²) in [5, 5.41) is 9.06. The van der Waals surface area contributed by atoms with Gasteiger partial charge in [0.2, 0.25) is 3.79 Å². The molecule has 0 aromatic heterocycles. The zero-order valence-electron chi connectivity index (χ0n) is 15.9. The van der Waals surface area contributed by atoms with Crippen LogP contribution < -0.4 is 16.0 Å². The lowest BCUT2D eigenvalue weighted by atomic mass is 10.0. The quantitative estimate of drug-likeness (QED) is 0.173. The van der Waals surface area contributed by atoms with Gasteiger partial charge in [0.15, 0.2) is 5.11 Å². The van der Waals surface area contributed by atoms with Crippen LogP contribution in [-0.4, -0.2) is 21.0 Å².